The van der Waals surface area contributed by atoms with Crippen molar-refractivity contribution in [3.8, 4) is 0 Å². The van der Waals surface area contributed by atoms with Crippen LogP contribution in [-0.4, -0.2) is 34.9 Å². The van der Waals surface area contributed by atoms with Crippen LogP contribution in [0.5, 0.6) is 0 Å². The fraction of sp³-hybridized carbons (Fsp3) is 0.381. The number of amides is 3. The van der Waals surface area contributed by atoms with Crippen molar-refractivity contribution >= 4 is 40.8 Å². The van der Waals surface area contributed by atoms with Crippen molar-refractivity contribution < 1.29 is 9.59 Å². The van der Waals surface area contributed by atoms with E-state index in [4.69, 9.17) is 23.2 Å². The summed E-state index contributed by atoms with van der Waals surface area (Å²) in [6.07, 6.45) is 7.20. The molecule has 0 aliphatic heterocycles. The third-order valence-corrected chi connectivity index (χ3v) is 5.68. The van der Waals surface area contributed by atoms with Gasteiger partial charge in [-0.1, -0.05) is 48.5 Å². The van der Waals surface area contributed by atoms with Gasteiger partial charge in [-0.05, 0) is 42.7 Å². The Balaban J connectivity index is 1.57. The van der Waals surface area contributed by atoms with Crippen LogP contribution in [0.25, 0.3) is 0 Å². The number of nitrogens with one attached hydrogen (secondary N) is 2. The van der Waals surface area contributed by atoms with Gasteiger partial charge in [-0.2, -0.15) is 0 Å². The summed E-state index contributed by atoms with van der Waals surface area (Å²) < 4.78 is 0. The van der Waals surface area contributed by atoms with Crippen molar-refractivity contribution in [2.45, 2.75) is 44.7 Å². The van der Waals surface area contributed by atoms with Gasteiger partial charge in [0.15, 0.2) is 0 Å². The van der Waals surface area contributed by atoms with Gasteiger partial charge in [0.05, 0.1) is 10.6 Å². The SMILES string of the molecule is CN(C(=O)c1ccc(NC(=O)NCc2ccc(Cl)nc2)cc1Cl)C1CCCCC1. The molecule has 0 radical (unpaired) electrons. The van der Waals surface area contributed by atoms with Crippen molar-refractivity contribution in [3.05, 3.63) is 57.8 Å². The molecule has 1 aromatic heterocycles. The van der Waals surface area contributed by atoms with Crippen molar-refractivity contribution in [1.82, 2.24) is 15.2 Å². The van der Waals surface area contributed by atoms with E-state index in [1.54, 1.807) is 41.4 Å². The second-order valence-electron chi connectivity index (χ2n) is 7.20. The number of hydrogen-bond donors (Lipinski definition) is 2. The van der Waals surface area contributed by atoms with Crippen molar-refractivity contribution in [2.24, 2.45) is 0 Å². The molecule has 0 spiro atoms. The monoisotopic (exact) mass is 434 g/mol. The van der Waals surface area contributed by atoms with Gasteiger partial charge in [-0.25, -0.2) is 9.78 Å². The molecule has 1 saturated carbocycles. The number of aromatic nitrogens is 1. The smallest absolute Gasteiger partial charge is 0.319 e. The van der Waals surface area contributed by atoms with Crippen LogP contribution in [0, 0.1) is 0 Å². The zero-order valence-electron chi connectivity index (χ0n) is 16.3. The lowest BCUT2D eigenvalue weighted by molar-refractivity contribution is 0.0696. The minimum absolute atomic E-state index is 0.0897. The summed E-state index contributed by atoms with van der Waals surface area (Å²) in [7, 11) is 1.83. The highest BCUT2D eigenvalue weighted by atomic mass is 35.5. The van der Waals surface area contributed by atoms with E-state index in [1.165, 1.54) is 6.42 Å². The van der Waals surface area contributed by atoms with Gasteiger partial charge < -0.3 is 15.5 Å². The molecule has 1 heterocycles. The highest BCUT2D eigenvalue weighted by molar-refractivity contribution is 6.34. The van der Waals surface area contributed by atoms with Gasteiger partial charge in [0.25, 0.3) is 5.91 Å². The summed E-state index contributed by atoms with van der Waals surface area (Å²) >= 11 is 12.1. The molecule has 0 saturated heterocycles. The van der Waals surface area contributed by atoms with Gasteiger partial charge in [-0.15, -0.1) is 0 Å². The maximum absolute atomic E-state index is 12.8. The molecule has 0 atom stereocenters. The Bertz CT molecular complexity index is 867. The van der Waals surface area contributed by atoms with Gasteiger partial charge in [-0.3, -0.25) is 4.79 Å². The molecule has 8 heteroatoms. The van der Waals surface area contributed by atoms with E-state index < -0.39 is 0 Å². The fourth-order valence-electron chi connectivity index (χ4n) is 3.46. The lowest BCUT2D eigenvalue weighted by Crippen LogP contribution is -2.38. The third-order valence-electron chi connectivity index (χ3n) is 5.14. The third kappa shape index (κ3) is 5.84. The second kappa shape index (κ2) is 9.94. The number of anilines is 1. The number of urea groups is 1. The molecule has 2 aromatic rings. The van der Waals surface area contributed by atoms with Crippen molar-refractivity contribution in [1.29, 1.82) is 0 Å². The molecular formula is C21H24Cl2N4O2. The zero-order valence-corrected chi connectivity index (χ0v) is 17.8. The first-order valence-corrected chi connectivity index (χ1v) is 10.4. The molecule has 2 N–H and O–H groups in total. The highest BCUT2D eigenvalue weighted by Gasteiger charge is 2.24. The number of benzene rings is 1. The summed E-state index contributed by atoms with van der Waals surface area (Å²) in [5.41, 5.74) is 1.78. The predicted octanol–water partition coefficient (Wildman–Crippen LogP) is 5.11. The largest absolute Gasteiger partial charge is 0.339 e. The van der Waals surface area contributed by atoms with E-state index in [-0.39, 0.29) is 18.0 Å². The van der Waals surface area contributed by atoms with Gasteiger partial charge in [0.1, 0.15) is 5.15 Å². The Kier molecular flexibility index (Phi) is 7.34. The summed E-state index contributed by atoms with van der Waals surface area (Å²) in [5.74, 6) is -0.0897. The van der Waals surface area contributed by atoms with Crippen molar-refractivity contribution in [3.63, 3.8) is 0 Å². The lowest BCUT2D eigenvalue weighted by atomic mass is 9.94. The van der Waals surface area contributed by atoms with Crippen LogP contribution in [0.15, 0.2) is 36.5 Å². The molecule has 6 nitrogen and oxygen atoms in total. The summed E-state index contributed by atoms with van der Waals surface area (Å²) in [6, 6.07) is 8.26. The normalized spacial score (nSPS) is 14.3. The van der Waals surface area contributed by atoms with Crippen LogP contribution in [0.4, 0.5) is 10.5 Å². The van der Waals surface area contributed by atoms with Crippen LogP contribution in [-0.2, 0) is 6.54 Å². The molecule has 0 unspecified atom stereocenters. The summed E-state index contributed by atoms with van der Waals surface area (Å²) in [6.45, 7) is 0.312. The van der Waals surface area contributed by atoms with Crippen LogP contribution in [0.3, 0.4) is 0 Å². The number of halogens is 2. The standard InChI is InChI=1S/C21H24Cl2N4O2/c1-27(16-5-3-2-4-6-16)20(28)17-9-8-15(11-18(17)22)26-21(29)25-13-14-7-10-19(23)24-12-14/h7-12,16H,2-6,13H2,1H3,(H2,25,26,29). The number of rotatable bonds is 5. The number of hydrogen-bond acceptors (Lipinski definition) is 3. The Morgan fingerprint density at radius 2 is 1.90 bits per heavy atom. The molecule has 29 heavy (non-hydrogen) atoms. The molecule has 1 aromatic carbocycles. The van der Waals surface area contributed by atoms with E-state index in [9.17, 15) is 9.59 Å². The van der Waals surface area contributed by atoms with E-state index in [2.05, 4.69) is 15.6 Å². The fourth-order valence-corrected chi connectivity index (χ4v) is 3.83. The first-order valence-electron chi connectivity index (χ1n) is 9.66. The molecule has 0 bridgehead atoms. The number of carbonyl (C=O) groups excluding carboxylic acids is 2. The maximum atomic E-state index is 12.8. The van der Waals surface area contributed by atoms with E-state index in [0.29, 0.717) is 28.0 Å². The highest BCUT2D eigenvalue weighted by Crippen LogP contribution is 2.26. The molecule has 3 rings (SSSR count). The van der Waals surface area contributed by atoms with Crippen molar-refractivity contribution in [2.75, 3.05) is 12.4 Å². The van der Waals surface area contributed by atoms with E-state index in [0.717, 1.165) is 31.2 Å². The number of carbonyl (C=O) groups is 2. The Hall–Kier alpha value is -2.31. The van der Waals surface area contributed by atoms with Gasteiger partial charge in [0, 0.05) is 31.5 Å². The average Bonchev–Trinajstić information content (AvgIpc) is 2.73. The van der Waals surface area contributed by atoms with Crippen LogP contribution in [0.2, 0.25) is 10.2 Å². The second-order valence-corrected chi connectivity index (χ2v) is 7.99. The number of pyridine rings is 1. The number of nitrogens with zero attached hydrogens (tertiary/aromatic N) is 2. The lowest BCUT2D eigenvalue weighted by Gasteiger charge is -2.31. The molecule has 154 valence electrons. The van der Waals surface area contributed by atoms with Gasteiger partial charge in [0.2, 0.25) is 0 Å². The van der Waals surface area contributed by atoms with Crippen LogP contribution < -0.4 is 10.6 Å². The molecule has 1 fully saturated rings. The summed E-state index contributed by atoms with van der Waals surface area (Å²) in [4.78, 5) is 30.7. The minimum atomic E-state index is -0.380. The molecule has 1 aliphatic carbocycles. The van der Waals surface area contributed by atoms with E-state index in [1.807, 2.05) is 7.05 Å². The molecule has 1 aliphatic rings. The van der Waals surface area contributed by atoms with Crippen LogP contribution >= 0.6 is 23.2 Å². The predicted molar refractivity (Wildman–Crippen MR) is 116 cm³/mol. The van der Waals surface area contributed by atoms with Gasteiger partial charge >= 0.3 is 6.03 Å². The topological polar surface area (TPSA) is 74.3 Å². The zero-order chi connectivity index (χ0) is 20.8. The maximum Gasteiger partial charge on any atom is 0.319 e. The molecular weight excluding hydrogens is 411 g/mol. The first-order chi connectivity index (χ1) is 13.9. The Morgan fingerprint density at radius 1 is 1.14 bits per heavy atom. The van der Waals surface area contributed by atoms with E-state index >= 15 is 0 Å². The first kappa shape index (κ1) is 21.4. The Morgan fingerprint density at radius 3 is 2.55 bits per heavy atom. The van der Waals surface area contributed by atoms with Crippen LogP contribution in [0.1, 0.15) is 48.0 Å². The molecule has 3 amide bonds. The average molecular weight is 435 g/mol. The minimum Gasteiger partial charge on any atom is -0.339 e. The quantitative estimate of drug-likeness (QED) is 0.641. The summed E-state index contributed by atoms with van der Waals surface area (Å²) in [5, 5.41) is 6.17. The Labute approximate surface area is 180 Å².